The third kappa shape index (κ3) is 24.1. The molecule has 0 radical (unpaired) electrons. The van der Waals surface area contributed by atoms with Crippen molar-refractivity contribution in [1.29, 1.82) is 0 Å². The monoisotopic (exact) mass is 1160 g/mol. The first kappa shape index (κ1) is 74.6. The molecule has 8 aliphatic heterocycles. The van der Waals surface area contributed by atoms with E-state index in [0.29, 0.717) is 61.8 Å². The molecule has 3 aliphatic carbocycles. The van der Waals surface area contributed by atoms with Gasteiger partial charge < -0.3 is 5.32 Å². The second-order valence-electron chi connectivity index (χ2n) is 38.9. The Morgan fingerprint density at radius 2 is 0.867 bits per heavy atom. The first-order valence-corrected chi connectivity index (χ1v) is 34.6. The predicted octanol–water partition coefficient (Wildman–Crippen LogP) is 16.2. The van der Waals surface area contributed by atoms with Crippen LogP contribution in [0.1, 0.15) is 279 Å². The van der Waals surface area contributed by atoms with E-state index in [9.17, 15) is 4.79 Å². The third-order valence-electron chi connectivity index (χ3n) is 19.1. The Bertz CT molecular complexity index is 1900. The van der Waals surface area contributed by atoms with Gasteiger partial charge in [0.15, 0.2) is 5.78 Å². The number of nitrogens with one attached hydrogen (secondary N) is 1. The summed E-state index contributed by atoms with van der Waals surface area (Å²) in [5.41, 5.74) is 3.17. The van der Waals surface area contributed by atoms with E-state index in [2.05, 4.69) is 266 Å². The van der Waals surface area contributed by atoms with Crippen molar-refractivity contribution in [3.63, 3.8) is 0 Å². The van der Waals surface area contributed by atoms with Crippen molar-refractivity contribution in [2.75, 3.05) is 58.9 Å². The van der Waals surface area contributed by atoms with Crippen molar-refractivity contribution in [2.45, 2.75) is 360 Å². The number of nitrogens with zero attached hydrogens (tertiary/aromatic N) is 7. The van der Waals surface area contributed by atoms with Crippen molar-refractivity contribution >= 4 is 5.78 Å². The van der Waals surface area contributed by atoms with Gasteiger partial charge in [0.05, 0.1) is 12.1 Å². The standard InChI is InChI=1S/2C15H30N2.C14H26N2O.C10H19N.C10H17N.2C5H12/c1-14(2,3)16-8-12-7-13(9-16)11-17(10-12)15(4,5)6;1-14(2,3)16-10-12-8-7-9-13(11-16)17(12)15(4,5)6;1-9(2)16-8-10-6-7-11(16)13(17)12(10)15-14(3,4)5;2*1-10(2,3)11-7-8-4-5-9(11)6-8;2*1-5(2,3)4/h2*12-13H,7-11H2,1-6H3;9-12,15H,6-8H2,1-5H3;8-9H,4-7H2,1-3H3;4-5,8-9H,6-7H2,1-3H3;2*1-4H3. The smallest absolute Gasteiger partial charge is 0.167 e. The Morgan fingerprint density at radius 1 is 0.422 bits per heavy atom. The first-order chi connectivity index (χ1) is 37.3. The second kappa shape index (κ2) is 28.5. The van der Waals surface area contributed by atoms with Crippen LogP contribution in [0.25, 0.3) is 0 Å². The van der Waals surface area contributed by atoms with Gasteiger partial charge in [-0.25, -0.2) is 0 Å². The quantitative estimate of drug-likeness (QED) is 0.273. The van der Waals surface area contributed by atoms with Crippen LogP contribution in [-0.4, -0.2) is 180 Å². The molecule has 11 rings (SSSR count). The number of ketones is 1. The molecule has 8 saturated heterocycles. The lowest BCUT2D eigenvalue weighted by molar-refractivity contribution is -0.139. The molecule has 9 atom stereocenters. The van der Waals surface area contributed by atoms with Gasteiger partial charge in [0.25, 0.3) is 0 Å². The number of hydrogen-bond donors (Lipinski definition) is 1. The minimum atomic E-state index is 0.0282. The molecule has 0 aromatic rings. The van der Waals surface area contributed by atoms with Gasteiger partial charge in [0.1, 0.15) is 0 Å². The summed E-state index contributed by atoms with van der Waals surface area (Å²) in [5.74, 6) is 4.62. The van der Waals surface area contributed by atoms with Crippen molar-refractivity contribution in [2.24, 2.45) is 40.4 Å². The lowest BCUT2D eigenvalue weighted by Gasteiger charge is -2.58. The van der Waals surface area contributed by atoms with Crippen LogP contribution < -0.4 is 5.32 Å². The Labute approximate surface area is 519 Å². The Kier molecular flexibility index (Phi) is 25.6. The highest BCUT2D eigenvalue weighted by Crippen LogP contribution is 2.42. The predicted molar refractivity (Wildman–Crippen MR) is 364 cm³/mol. The van der Waals surface area contributed by atoms with E-state index < -0.39 is 0 Å². The summed E-state index contributed by atoms with van der Waals surface area (Å²) in [6, 6.07) is 3.98. The normalized spacial score (nSPS) is 32.0. The minimum Gasteiger partial charge on any atom is -0.302 e. The fourth-order valence-electron chi connectivity index (χ4n) is 15.4. The number of rotatable bonds is 2. The number of piperazine rings is 1. The molecule has 10 bridgehead atoms. The molecule has 10 fully saturated rings. The van der Waals surface area contributed by atoms with E-state index >= 15 is 0 Å². The van der Waals surface area contributed by atoms with Crippen molar-refractivity contribution in [3.8, 4) is 0 Å². The third-order valence-corrected chi connectivity index (χ3v) is 19.1. The van der Waals surface area contributed by atoms with Crippen LogP contribution in [0.5, 0.6) is 0 Å². The van der Waals surface area contributed by atoms with Gasteiger partial charge in [-0.1, -0.05) is 74.0 Å². The summed E-state index contributed by atoms with van der Waals surface area (Å²) in [6.45, 7) is 82.1. The molecule has 2 saturated carbocycles. The fourth-order valence-corrected chi connectivity index (χ4v) is 15.4. The molecule has 0 amide bonds. The van der Waals surface area contributed by atoms with Crippen LogP contribution in [0.3, 0.4) is 0 Å². The highest BCUT2D eigenvalue weighted by Gasteiger charge is 2.49. The molecule has 9 heteroatoms. The van der Waals surface area contributed by atoms with Gasteiger partial charge in [-0.05, 0) is 257 Å². The fraction of sp³-hybridized carbons (Fsp3) is 0.959. The molecular weight excluding hydrogens is 1020 g/mol. The summed E-state index contributed by atoms with van der Waals surface area (Å²) in [6.07, 6.45) is 18.5. The molecule has 9 unspecified atom stereocenters. The van der Waals surface area contributed by atoms with E-state index in [1.54, 1.807) is 0 Å². The molecule has 0 aromatic carbocycles. The number of carbonyl (C=O) groups excluding carboxylic acids is 1. The topological polar surface area (TPSA) is 51.8 Å². The van der Waals surface area contributed by atoms with E-state index in [4.69, 9.17) is 0 Å². The van der Waals surface area contributed by atoms with Crippen LogP contribution >= 0.6 is 0 Å². The maximum Gasteiger partial charge on any atom is 0.167 e. The summed E-state index contributed by atoms with van der Waals surface area (Å²) < 4.78 is 0. The van der Waals surface area contributed by atoms with Gasteiger partial charge >= 0.3 is 0 Å². The maximum absolute atomic E-state index is 12.5. The number of piperidine rings is 6. The molecule has 9 nitrogen and oxygen atoms in total. The van der Waals surface area contributed by atoms with Crippen molar-refractivity contribution < 1.29 is 4.79 Å². The Morgan fingerprint density at radius 3 is 1.16 bits per heavy atom. The van der Waals surface area contributed by atoms with Gasteiger partial charge in [-0.15, -0.1) is 0 Å². The van der Waals surface area contributed by atoms with Crippen LogP contribution in [0.4, 0.5) is 0 Å². The highest BCUT2D eigenvalue weighted by molar-refractivity contribution is 5.91. The average Bonchev–Trinajstić information content (AvgIpc) is 4.12. The molecule has 0 spiro atoms. The SMILES string of the molecule is CC(C)(C)C.CC(C)(C)C.CC(C)(C)N1CC2C=CC1C2.CC(C)(C)N1CC2CC(C1)CN(C(C)(C)C)C2.CC(C)(C)N1CC2CCC1C2.CC(C)(C)N1CC2CCCC(C1)N2C(C)(C)C.CC(C)N1CC2CCC1C(=O)C2NC(C)(C)C. The molecular formula is C74H146N8O. The highest BCUT2D eigenvalue weighted by atomic mass is 16.1. The molecule has 8 heterocycles. The molecule has 83 heavy (non-hydrogen) atoms. The number of fused-ring (bicyclic) bond motifs is 11. The summed E-state index contributed by atoms with van der Waals surface area (Å²) in [4.78, 5) is 31.1. The Hall–Kier alpha value is -0.910. The van der Waals surface area contributed by atoms with Crippen molar-refractivity contribution in [1.82, 2.24) is 39.6 Å². The molecule has 0 aromatic heterocycles. The van der Waals surface area contributed by atoms with Crippen molar-refractivity contribution in [3.05, 3.63) is 12.2 Å². The summed E-state index contributed by atoms with van der Waals surface area (Å²) in [7, 11) is 0. The second-order valence-corrected chi connectivity index (χ2v) is 38.9. The van der Waals surface area contributed by atoms with Gasteiger partial charge in [-0.3, -0.25) is 39.1 Å². The largest absolute Gasteiger partial charge is 0.302 e. The first-order valence-electron chi connectivity index (χ1n) is 34.6. The van der Waals surface area contributed by atoms with Crippen LogP contribution in [-0.2, 0) is 4.79 Å². The van der Waals surface area contributed by atoms with Gasteiger partial charge in [0, 0.05) is 128 Å². The lowest BCUT2D eigenvalue weighted by atomic mass is 9.74. The number of likely N-dealkylation sites (tertiary alicyclic amines) is 5. The summed E-state index contributed by atoms with van der Waals surface area (Å²) >= 11 is 0. The van der Waals surface area contributed by atoms with Gasteiger partial charge in [0.2, 0.25) is 0 Å². The molecule has 11 aliphatic rings. The molecule has 488 valence electrons. The van der Waals surface area contributed by atoms with Gasteiger partial charge in [-0.2, -0.15) is 0 Å². The van der Waals surface area contributed by atoms with E-state index in [1.807, 2.05) is 0 Å². The lowest BCUT2D eigenvalue weighted by Crippen LogP contribution is -2.68. The van der Waals surface area contributed by atoms with E-state index in [-0.39, 0.29) is 17.6 Å². The zero-order valence-corrected chi connectivity index (χ0v) is 61.6. The Balaban J connectivity index is 0.000000216. The number of carbonyl (C=O) groups is 1. The number of Topliss-reactive ketones (excluding diaryl/α,β-unsaturated/α-hetero) is 1. The van der Waals surface area contributed by atoms with E-state index in [0.717, 1.165) is 60.8 Å². The average molecular weight is 1160 g/mol. The van der Waals surface area contributed by atoms with Crippen LogP contribution in [0.2, 0.25) is 0 Å². The number of hydrogen-bond acceptors (Lipinski definition) is 9. The summed E-state index contributed by atoms with van der Waals surface area (Å²) in [5, 5.41) is 3.52. The van der Waals surface area contributed by atoms with Crippen LogP contribution in [0, 0.1) is 40.4 Å². The zero-order valence-electron chi connectivity index (χ0n) is 61.6. The zero-order chi connectivity index (χ0) is 63.6. The maximum atomic E-state index is 12.5. The minimum absolute atomic E-state index is 0.0282. The molecule has 1 N–H and O–H groups in total. The van der Waals surface area contributed by atoms with Crippen LogP contribution in [0.15, 0.2) is 12.2 Å². The van der Waals surface area contributed by atoms with E-state index in [1.165, 1.54) is 110 Å².